The Kier molecular flexibility index (Phi) is 8.21. The Balaban J connectivity index is 2.43. The predicted molar refractivity (Wildman–Crippen MR) is 115 cm³/mol. The monoisotopic (exact) mass is 416 g/mol. The van der Waals surface area contributed by atoms with E-state index in [4.69, 9.17) is 5.73 Å². The van der Waals surface area contributed by atoms with Crippen LogP contribution in [-0.2, 0) is 17.9 Å². The molecule has 0 aliphatic carbocycles. The molecule has 0 saturated heterocycles. The van der Waals surface area contributed by atoms with Crippen LogP contribution >= 0.6 is 0 Å². The molecule has 0 unspecified atom stereocenters. The van der Waals surface area contributed by atoms with Gasteiger partial charge in [0.2, 0.25) is 5.91 Å². The number of amides is 3. The van der Waals surface area contributed by atoms with Gasteiger partial charge in [0, 0.05) is 19.6 Å². The van der Waals surface area contributed by atoms with E-state index in [0.717, 1.165) is 12.0 Å². The fourth-order valence-electron chi connectivity index (χ4n) is 2.98. The lowest BCUT2D eigenvalue weighted by atomic mass is 10.2. The van der Waals surface area contributed by atoms with Crippen LogP contribution in [0.15, 0.2) is 39.9 Å². The van der Waals surface area contributed by atoms with Crippen LogP contribution in [0.3, 0.4) is 0 Å². The van der Waals surface area contributed by atoms with Crippen LogP contribution in [0.25, 0.3) is 0 Å². The molecule has 0 atom stereocenters. The molecule has 1 aromatic heterocycles. The Labute approximate surface area is 174 Å². The van der Waals surface area contributed by atoms with E-state index < -0.39 is 23.2 Å². The SMILES string of the molecule is CCCCn1c(N)c(N(CC(=O)NC(=O)NCC)Cc2ccccc2)c(=O)[nH]c1=O. The number of imide groups is 1. The number of benzene rings is 1. The maximum absolute atomic E-state index is 12.6. The molecule has 0 bridgehead atoms. The van der Waals surface area contributed by atoms with Gasteiger partial charge in [0.15, 0.2) is 0 Å². The van der Waals surface area contributed by atoms with E-state index >= 15 is 0 Å². The number of hydrogen-bond donors (Lipinski definition) is 4. The summed E-state index contributed by atoms with van der Waals surface area (Å²) in [5.41, 5.74) is 5.75. The number of nitrogen functional groups attached to an aromatic ring is 1. The summed E-state index contributed by atoms with van der Waals surface area (Å²) in [5, 5.41) is 4.69. The zero-order valence-electron chi connectivity index (χ0n) is 17.2. The number of nitrogens with zero attached hydrogens (tertiary/aromatic N) is 2. The van der Waals surface area contributed by atoms with Crippen molar-refractivity contribution in [3.8, 4) is 0 Å². The number of nitrogens with two attached hydrogens (primary N) is 1. The van der Waals surface area contributed by atoms with Gasteiger partial charge in [-0.2, -0.15) is 0 Å². The first-order chi connectivity index (χ1) is 14.4. The lowest BCUT2D eigenvalue weighted by Gasteiger charge is -2.25. The van der Waals surface area contributed by atoms with Gasteiger partial charge in [-0.25, -0.2) is 9.59 Å². The number of aromatic amines is 1. The average molecular weight is 416 g/mol. The number of hydrogen-bond acceptors (Lipinski definition) is 6. The number of urea groups is 1. The first-order valence-electron chi connectivity index (χ1n) is 9.86. The lowest BCUT2D eigenvalue weighted by molar-refractivity contribution is -0.118. The van der Waals surface area contributed by atoms with Crippen LogP contribution in [0.5, 0.6) is 0 Å². The van der Waals surface area contributed by atoms with E-state index in [0.29, 0.717) is 19.5 Å². The Bertz CT molecular complexity index is 983. The molecule has 162 valence electrons. The second kappa shape index (κ2) is 10.8. The number of unbranched alkanes of at least 4 members (excludes halogenated alkanes) is 1. The number of aromatic nitrogens is 2. The number of rotatable bonds is 9. The van der Waals surface area contributed by atoms with Crippen LogP contribution in [-0.4, -0.2) is 34.6 Å². The molecule has 10 nitrogen and oxygen atoms in total. The minimum absolute atomic E-state index is 0.0144. The minimum atomic E-state index is -0.688. The fourth-order valence-corrected chi connectivity index (χ4v) is 2.98. The van der Waals surface area contributed by atoms with Crippen LogP contribution in [0.4, 0.5) is 16.3 Å². The maximum atomic E-state index is 12.6. The summed E-state index contributed by atoms with van der Waals surface area (Å²) in [6.07, 6.45) is 1.54. The summed E-state index contributed by atoms with van der Waals surface area (Å²) in [4.78, 5) is 52.7. The van der Waals surface area contributed by atoms with Gasteiger partial charge in [0.1, 0.15) is 11.5 Å². The standard InChI is InChI=1S/C20H28N6O4/c1-3-5-11-26-17(21)16(18(28)24-20(26)30)25(12-14-9-7-6-8-10-14)13-15(27)23-19(29)22-4-2/h6-10H,3-5,11-13,21H2,1-2H3,(H,24,28,30)(H2,22,23,27,29). The van der Waals surface area contributed by atoms with Gasteiger partial charge in [-0.3, -0.25) is 24.5 Å². The summed E-state index contributed by atoms with van der Waals surface area (Å²) in [6, 6.07) is 8.56. The third-order valence-electron chi connectivity index (χ3n) is 4.41. The molecule has 0 spiro atoms. The molecule has 30 heavy (non-hydrogen) atoms. The van der Waals surface area contributed by atoms with Crippen molar-refractivity contribution in [1.29, 1.82) is 0 Å². The first-order valence-corrected chi connectivity index (χ1v) is 9.86. The molecule has 0 fully saturated rings. The molecular formula is C20H28N6O4. The second-order valence-electron chi connectivity index (χ2n) is 6.75. The molecular weight excluding hydrogens is 388 g/mol. The molecule has 0 radical (unpaired) electrons. The zero-order valence-corrected chi connectivity index (χ0v) is 17.2. The molecule has 0 aliphatic rings. The molecule has 3 amide bonds. The normalized spacial score (nSPS) is 10.5. The highest BCUT2D eigenvalue weighted by Crippen LogP contribution is 2.19. The molecule has 2 aromatic rings. The van der Waals surface area contributed by atoms with Crippen molar-refractivity contribution in [2.75, 3.05) is 23.7 Å². The topological polar surface area (TPSA) is 142 Å². The Hall–Kier alpha value is -3.56. The highest BCUT2D eigenvalue weighted by molar-refractivity contribution is 5.96. The van der Waals surface area contributed by atoms with Crippen LogP contribution in [0.1, 0.15) is 32.3 Å². The number of carbonyl (C=O) groups is 2. The average Bonchev–Trinajstić information content (AvgIpc) is 2.68. The summed E-state index contributed by atoms with van der Waals surface area (Å²) >= 11 is 0. The number of H-pyrrole nitrogens is 1. The summed E-state index contributed by atoms with van der Waals surface area (Å²) in [6.45, 7) is 4.29. The third-order valence-corrected chi connectivity index (χ3v) is 4.41. The lowest BCUT2D eigenvalue weighted by Crippen LogP contribution is -2.46. The van der Waals surface area contributed by atoms with E-state index in [9.17, 15) is 19.2 Å². The third kappa shape index (κ3) is 5.97. The highest BCUT2D eigenvalue weighted by atomic mass is 16.2. The molecule has 1 aromatic carbocycles. The summed E-state index contributed by atoms with van der Waals surface area (Å²) in [5.74, 6) is -0.624. The quantitative estimate of drug-likeness (QED) is 0.476. The van der Waals surface area contributed by atoms with Crippen molar-refractivity contribution < 1.29 is 9.59 Å². The van der Waals surface area contributed by atoms with Gasteiger partial charge in [-0.1, -0.05) is 43.7 Å². The largest absolute Gasteiger partial charge is 0.383 e. The van der Waals surface area contributed by atoms with Gasteiger partial charge in [-0.15, -0.1) is 0 Å². The smallest absolute Gasteiger partial charge is 0.330 e. The Morgan fingerprint density at radius 3 is 2.50 bits per heavy atom. The fraction of sp³-hybridized carbons (Fsp3) is 0.400. The second-order valence-corrected chi connectivity index (χ2v) is 6.75. The Morgan fingerprint density at radius 2 is 1.87 bits per heavy atom. The summed E-state index contributed by atoms with van der Waals surface area (Å²) < 4.78 is 1.29. The van der Waals surface area contributed by atoms with Crippen LogP contribution < -0.4 is 32.5 Å². The summed E-state index contributed by atoms with van der Waals surface area (Å²) in [7, 11) is 0. The van der Waals surface area contributed by atoms with E-state index in [1.54, 1.807) is 6.92 Å². The molecule has 10 heteroatoms. The maximum Gasteiger partial charge on any atom is 0.330 e. The van der Waals surface area contributed by atoms with Gasteiger partial charge >= 0.3 is 11.7 Å². The van der Waals surface area contributed by atoms with Gasteiger partial charge in [0.25, 0.3) is 5.56 Å². The number of carbonyl (C=O) groups excluding carboxylic acids is 2. The highest BCUT2D eigenvalue weighted by Gasteiger charge is 2.22. The number of nitrogens with one attached hydrogen (secondary N) is 3. The van der Waals surface area contributed by atoms with Gasteiger partial charge in [-0.05, 0) is 18.9 Å². The minimum Gasteiger partial charge on any atom is -0.383 e. The van der Waals surface area contributed by atoms with Crippen LogP contribution in [0, 0.1) is 0 Å². The first kappa shape index (κ1) is 22.7. The van der Waals surface area contributed by atoms with Gasteiger partial charge < -0.3 is 16.0 Å². The zero-order chi connectivity index (χ0) is 22.1. The van der Waals surface area contributed by atoms with Crippen molar-refractivity contribution in [1.82, 2.24) is 20.2 Å². The van der Waals surface area contributed by atoms with E-state index in [-0.39, 0.29) is 24.6 Å². The van der Waals surface area contributed by atoms with Crippen LogP contribution in [0.2, 0.25) is 0 Å². The van der Waals surface area contributed by atoms with Crippen molar-refractivity contribution >= 4 is 23.4 Å². The van der Waals surface area contributed by atoms with Crippen molar-refractivity contribution in [2.24, 2.45) is 0 Å². The predicted octanol–water partition coefficient (Wildman–Crippen LogP) is 0.771. The molecule has 0 aliphatic heterocycles. The molecule has 1 heterocycles. The molecule has 0 saturated carbocycles. The van der Waals surface area contributed by atoms with E-state index in [1.807, 2.05) is 37.3 Å². The van der Waals surface area contributed by atoms with Crippen molar-refractivity contribution in [3.05, 3.63) is 56.7 Å². The van der Waals surface area contributed by atoms with E-state index in [2.05, 4.69) is 15.6 Å². The van der Waals surface area contributed by atoms with E-state index in [1.165, 1.54) is 9.47 Å². The van der Waals surface area contributed by atoms with Crippen molar-refractivity contribution in [3.63, 3.8) is 0 Å². The molecule has 2 rings (SSSR count). The Morgan fingerprint density at radius 1 is 1.17 bits per heavy atom. The molecule has 5 N–H and O–H groups in total. The van der Waals surface area contributed by atoms with Crippen molar-refractivity contribution in [2.45, 2.75) is 39.8 Å². The number of anilines is 2. The van der Waals surface area contributed by atoms with Gasteiger partial charge in [0.05, 0.1) is 6.54 Å².